The summed E-state index contributed by atoms with van der Waals surface area (Å²) in [6, 6.07) is 0. The van der Waals surface area contributed by atoms with Crippen molar-refractivity contribution in [3.8, 4) is 0 Å². The fourth-order valence-electron chi connectivity index (χ4n) is 1.06. The van der Waals surface area contributed by atoms with Crippen LogP contribution in [0.4, 0.5) is 0 Å². The van der Waals surface area contributed by atoms with Crippen LogP contribution in [0.3, 0.4) is 0 Å². The van der Waals surface area contributed by atoms with Crippen molar-refractivity contribution < 1.29 is 0 Å². The van der Waals surface area contributed by atoms with Gasteiger partial charge in [-0.2, -0.15) is 0 Å². The molecule has 1 aliphatic heterocycles. The van der Waals surface area contributed by atoms with Gasteiger partial charge in [0.1, 0.15) is 0 Å². The normalized spacial score (nSPS) is 21.5. The van der Waals surface area contributed by atoms with Crippen molar-refractivity contribution in [3.05, 3.63) is 23.9 Å². The van der Waals surface area contributed by atoms with Crippen molar-refractivity contribution in [2.45, 2.75) is 6.42 Å². The van der Waals surface area contributed by atoms with Gasteiger partial charge in [-0.15, -0.1) is 0 Å². The van der Waals surface area contributed by atoms with Crippen LogP contribution in [0, 0.1) is 0 Å². The number of nitrogens with zero attached hydrogens (tertiary/aromatic N) is 1. The number of allylic oxidation sites excluding steroid dienone is 1. The van der Waals surface area contributed by atoms with Gasteiger partial charge in [0, 0.05) is 13.1 Å². The van der Waals surface area contributed by atoms with Crippen LogP contribution < -0.4 is 5.73 Å². The lowest BCUT2D eigenvalue weighted by Crippen LogP contribution is -2.23. The minimum Gasteiger partial charge on any atom is -0.405 e. The Balaban J connectivity index is 2.48. The van der Waals surface area contributed by atoms with Crippen molar-refractivity contribution in [2.75, 3.05) is 20.1 Å². The molecule has 2 heteroatoms. The first-order chi connectivity index (χ1) is 4.83. The average molecular weight is 138 g/mol. The molecule has 0 aromatic rings. The summed E-state index contributed by atoms with van der Waals surface area (Å²) in [5, 5.41) is 0. The topological polar surface area (TPSA) is 29.3 Å². The van der Waals surface area contributed by atoms with Gasteiger partial charge in [-0.05, 0) is 31.3 Å². The lowest BCUT2D eigenvalue weighted by Gasteiger charge is -2.19. The molecule has 0 spiro atoms. The van der Waals surface area contributed by atoms with Crippen LogP contribution in [0.25, 0.3) is 0 Å². The standard InChI is InChI=1S/C8H14N2/c1-10-6-3-8(2-5-9)4-7-10/h2-3,5H,4,6-7,9H2,1H3/b5-2-. The quantitative estimate of drug-likeness (QED) is 0.578. The summed E-state index contributed by atoms with van der Waals surface area (Å²) in [5.41, 5.74) is 6.62. The first kappa shape index (κ1) is 7.35. The molecule has 1 rings (SSSR count). The monoisotopic (exact) mass is 138 g/mol. The molecule has 0 fully saturated rings. The number of rotatable bonds is 1. The summed E-state index contributed by atoms with van der Waals surface area (Å²) in [4.78, 5) is 2.29. The second-order valence-corrected chi connectivity index (χ2v) is 2.65. The molecule has 0 radical (unpaired) electrons. The minimum atomic E-state index is 1.06. The van der Waals surface area contributed by atoms with Gasteiger partial charge in [-0.25, -0.2) is 0 Å². The Kier molecular flexibility index (Phi) is 2.51. The Labute approximate surface area is 62.0 Å². The van der Waals surface area contributed by atoms with Crippen molar-refractivity contribution in [1.82, 2.24) is 4.90 Å². The molecule has 0 saturated heterocycles. The van der Waals surface area contributed by atoms with E-state index in [1.807, 2.05) is 6.08 Å². The van der Waals surface area contributed by atoms with Crippen LogP contribution in [0.1, 0.15) is 6.42 Å². The van der Waals surface area contributed by atoms with E-state index < -0.39 is 0 Å². The molecule has 0 aromatic carbocycles. The van der Waals surface area contributed by atoms with Crippen molar-refractivity contribution in [1.29, 1.82) is 0 Å². The fraction of sp³-hybridized carbons (Fsp3) is 0.500. The maximum atomic E-state index is 5.26. The second kappa shape index (κ2) is 3.42. The smallest absolute Gasteiger partial charge is 0.0166 e. The van der Waals surface area contributed by atoms with E-state index in [1.54, 1.807) is 6.20 Å². The van der Waals surface area contributed by atoms with Crippen molar-refractivity contribution in [3.63, 3.8) is 0 Å². The van der Waals surface area contributed by atoms with Crippen LogP contribution in [0.15, 0.2) is 23.9 Å². The van der Waals surface area contributed by atoms with E-state index in [0.29, 0.717) is 0 Å². The maximum absolute atomic E-state index is 5.26. The molecule has 1 heterocycles. The van der Waals surface area contributed by atoms with Gasteiger partial charge in [0.25, 0.3) is 0 Å². The van der Waals surface area contributed by atoms with E-state index in [2.05, 4.69) is 18.0 Å². The van der Waals surface area contributed by atoms with E-state index >= 15 is 0 Å². The molecule has 0 atom stereocenters. The molecule has 0 amide bonds. The average Bonchev–Trinajstić information content (AvgIpc) is 1.95. The second-order valence-electron chi connectivity index (χ2n) is 2.65. The Morgan fingerprint density at radius 2 is 2.50 bits per heavy atom. The largest absolute Gasteiger partial charge is 0.405 e. The number of nitrogens with two attached hydrogens (primary N) is 1. The Morgan fingerprint density at radius 1 is 1.70 bits per heavy atom. The van der Waals surface area contributed by atoms with E-state index in [-0.39, 0.29) is 0 Å². The summed E-state index contributed by atoms with van der Waals surface area (Å²) >= 11 is 0. The van der Waals surface area contributed by atoms with Crippen molar-refractivity contribution >= 4 is 0 Å². The first-order valence-corrected chi connectivity index (χ1v) is 3.59. The van der Waals surface area contributed by atoms with Crippen LogP contribution >= 0.6 is 0 Å². The Bertz CT molecular complexity index is 159. The predicted molar refractivity (Wildman–Crippen MR) is 43.5 cm³/mol. The van der Waals surface area contributed by atoms with Gasteiger partial charge in [-0.3, -0.25) is 0 Å². The highest BCUT2D eigenvalue weighted by Gasteiger charge is 2.03. The van der Waals surface area contributed by atoms with E-state index in [4.69, 9.17) is 5.73 Å². The van der Waals surface area contributed by atoms with E-state index in [9.17, 15) is 0 Å². The van der Waals surface area contributed by atoms with Gasteiger partial charge >= 0.3 is 0 Å². The molecule has 0 aromatic heterocycles. The zero-order valence-corrected chi connectivity index (χ0v) is 6.38. The summed E-state index contributed by atoms with van der Waals surface area (Å²) in [7, 11) is 2.12. The van der Waals surface area contributed by atoms with Crippen molar-refractivity contribution in [2.24, 2.45) is 5.73 Å². The third kappa shape index (κ3) is 1.88. The van der Waals surface area contributed by atoms with Crippen LogP contribution in [-0.4, -0.2) is 25.0 Å². The number of likely N-dealkylation sites (N-methyl/N-ethyl adjacent to an activating group) is 1. The fourth-order valence-corrected chi connectivity index (χ4v) is 1.06. The number of hydrogen-bond acceptors (Lipinski definition) is 2. The Hall–Kier alpha value is -0.760. The SMILES string of the molecule is CN1CC=C(/C=C\N)CC1. The maximum Gasteiger partial charge on any atom is 0.0166 e. The van der Waals surface area contributed by atoms with E-state index in [1.165, 1.54) is 5.57 Å². The van der Waals surface area contributed by atoms with Crippen LogP contribution in [0.5, 0.6) is 0 Å². The zero-order valence-electron chi connectivity index (χ0n) is 6.38. The first-order valence-electron chi connectivity index (χ1n) is 3.59. The molecular weight excluding hydrogens is 124 g/mol. The summed E-state index contributed by atoms with van der Waals surface area (Å²) < 4.78 is 0. The van der Waals surface area contributed by atoms with Gasteiger partial charge in [0.2, 0.25) is 0 Å². The van der Waals surface area contributed by atoms with Gasteiger partial charge in [0.15, 0.2) is 0 Å². The van der Waals surface area contributed by atoms with Crippen LogP contribution in [-0.2, 0) is 0 Å². The third-order valence-corrected chi connectivity index (χ3v) is 1.76. The molecule has 0 saturated carbocycles. The predicted octanol–water partition coefficient (Wildman–Crippen LogP) is 0.721. The van der Waals surface area contributed by atoms with Gasteiger partial charge < -0.3 is 10.6 Å². The lowest BCUT2D eigenvalue weighted by molar-refractivity contribution is 0.361. The summed E-state index contributed by atoms with van der Waals surface area (Å²) in [6.45, 7) is 2.20. The third-order valence-electron chi connectivity index (χ3n) is 1.76. The molecule has 0 aliphatic carbocycles. The molecule has 0 bridgehead atoms. The molecule has 10 heavy (non-hydrogen) atoms. The lowest BCUT2D eigenvalue weighted by atomic mass is 10.1. The molecule has 56 valence electrons. The zero-order chi connectivity index (χ0) is 7.40. The molecule has 2 nitrogen and oxygen atoms in total. The van der Waals surface area contributed by atoms with Gasteiger partial charge in [-0.1, -0.05) is 6.08 Å². The highest BCUT2D eigenvalue weighted by molar-refractivity contribution is 5.20. The van der Waals surface area contributed by atoms with Crippen LogP contribution in [0.2, 0.25) is 0 Å². The minimum absolute atomic E-state index is 1.06. The highest BCUT2D eigenvalue weighted by Crippen LogP contribution is 2.09. The van der Waals surface area contributed by atoms with E-state index in [0.717, 1.165) is 19.5 Å². The molecular formula is C8H14N2. The molecule has 1 aliphatic rings. The highest BCUT2D eigenvalue weighted by atomic mass is 15.1. The number of hydrogen-bond donors (Lipinski definition) is 1. The Morgan fingerprint density at radius 3 is 3.00 bits per heavy atom. The summed E-state index contributed by atoms with van der Waals surface area (Å²) in [6.07, 6.45) is 6.93. The van der Waals surface area contributed by atoms with Gasteiger partial charge in [0.05, 0.1) is 0 Å². The summed E-state index contributed by atoms with van der Waals surface area (Å²) in [5.74, 6) is 0. The molecule has 2 N–H and O–H groups in total. The molecule has 0 unspecified atom stereocenters.